The number of hydrogen-bond donors (Lipinski definition) is 0. The molecule has 1 saturated heterocycles. The number of halogens is 3. The molecule has 30 heavy (non-hydrogen) atoms. The van der Waals surface area contributed by atoms with Crippen molar-refractivity contribution in [2.45, 2.75) is 25.7 Å². The fourth-order valence-electron chi connectivity index (χ4n) is 3.56. The van der Waals surface area contributed by atoms with Crippen molar-refractivity contribution in [2.75, 3.05) is 33.3 Å². The molecule has 162 valence electrons. The Morgan fingerprint density at radius 3 is 2.17 bits per heavy atom. The highest BCUT2D eigenvalue weighted by Gasteiger charge is 2.32. The van der Waals surface area contributed by atoms with Gasteiger partial charge in [-0.1, -0.05) is 36.4 Å². The van der Waals surface area contributed by atoms with Crippen LogP contribution < -0.4 is 9.47 Å². The number of alkyl halides is 3. The van der Waals surface area contributed by atoms with Crippen LogP contribution in [-0.2, 0) is 17.8 Å². The highest BCUT2D eigenvalue weighted by atomic mass is 19.4. The smallest absolute Gasteiger partial charge is 0.496 e. The molecule has 2 aromatic carbocycles. The molecule has 5 nitrogen and oxygen atoms in total. The molecule has 0 bridgehead atoms. The van der Waals surface area contributed by atoms with E-state index >= 15 is 0 Å². The van der Waals surface area contributed by atoms with Crippen molar-refractivity contribution in [3.63, 3.8) is 0 Å². The summed E-state index contributed by atoms with van der Waals surface area (Å²) in [6.45, 7) is 3.40. The lowest BCUT2D eigenvalue weighted by Gasteiger charge is -2.35. The molecule has 0 spiro atoms. The Morgan fingerprint density at radius 2 is 1.53 bits per heavy atom. The average molecular weight is 422 g/mol. The van der Waals surface area contributed by atoms with Gasteiger partial charge in [-0.05, 0) is 24.1 Å². The number of carbonyl (C=O) groups is 1. The molecule has 2 aromatic rings. The third-order valence-electron chi connectivity index (χ3n) is 5.12. The third kappa shape index (κ3) is 6.13. The molecule has 1 fully saturated rings. The van der Waals surface area contributed by atoms with Crippen molar-refractivity contribution in [1.29, 1.82) is 0 Å². The topological polar surface area (TPSA) is 42.0 Å². The molecule has 0 aromatic heterocycles. The van der Waals surface area contributed by atoms with Gasteiger partial charge in [-0.2, -0.15) is 0 Å². The van der Waals surface area contributed by atoms with E-state index in [1.54, 1.807) is 24.1 Å². The van der Waals surface area contributed by atoms with Gasteiger partial charge < -0.3 is 14.4 Å². The number of piperazine rings is 1. The van der Waals surface area contributed by atoms with Gasteiger partial charge in [0.05, 0.1) is 7.11 Å². The highest BCUT2D eigenvalue weighted by molar-refractivity contribution is 5.76. The first-order valence-corrected chi connectivity index (χ1v) is 9.81. The van der Waals surface area contributed by atoms with E-state index in [1.807, 2.05) is 24.3 Å². The Morgan fingerprint density at radius 1 is 0.933 bits per heavy atom. The number of benzene rings is 2. The van der Waals surface area contributed by atoms with Gasteiger partial charge in [-0.3, -0.25) is 9.69 Å². The van der Waals surface area contributed by atoms with Crippen molar-refractivity contribution < 1.29 is 27.4 Å². The average Bonchev–Trinajstić information content (AvgIpc) is 2.73. The standard InChI is InChI=1S/C22H25F3N2O3/c1-29-19-8-4-3-7-18(19)16-26-12-14-27(15-13-26)21(28)11-10-17-6-2-5-9-20(17)30-22(23,24)25/h2-9H,10-16H2,1H3. The van der Waals surface area contributed by atoms with Crippen molar-refractivity contribution >= 4 is 5.91 Å². The zero-order valence-electron chi connectivity index (χ0n) is 16.8. The second-order valence-corrected chi connectivity index (χ2v) is 7.12. The lowest BCUT2D eigenvalue weighted by atomic mass is 10.1. The van der Waals surface area contributed by atoms with Crippen LogP contribution in [0.5, 0.6) is 11.5 Å². The zero-order chi connectivity index (χ0) is 21.6. The van der Waals surface area contributed by atoms with Gasteiger partial charge in [0.2, 0.25) is 5.91 Å². The van der Waals surface area contributed by atoms with Crippen LogP contribution in [0.25, 0.3) is 0 Å². The fraction of sp³-hybridized carbons (Fsp3) is 0.409. The lowest BCUT2D eigenvalue weighted by molar-refractivity contribution is -0.274. The largest absolute Gasteiger partial charge is 0.573 e. The van der Waals surface area contributed by atoms with Gasteiger partial charge >= 0.3 is 6.36 Å². The molecule has 0 atom stereocenters. The second-order valence-electron chi connectivity index (χ2n) is 7.12. The minimum absolute atomic E-state index is 0.0613. The van der Waals surface area contributed by atoms with Gasteiger partial charge in [-0.15, -0.1) is 13.2 Å². The van der Waals surface area contributed by atoms with Crippen LogP contribution >= 0.6 is 0 Å². The third-order valence-corrected chi connectivity index (χ3v) is 5.12. The van der Waals surface area contributed by atoms with E-state index in [0.29, 0.717) is 18.7 Å². The van der Waals surface area contributed by atoms with Crippen LogP contribution in [0.2, 0.25) is 0 Å². The van der Waals surface area contributed by atoms with Crippen LogP contribution in [0.4, 0.5) is 13.2 Å². The maximum atomic E-state index is 12.6. The molecular formula is C22H25F3N2O3. The molecular weight excluding hydrogens is 397 g/mol. The first-order chi connectivity index (χ1) is 14.4. The summed E-state index contributed by atoms with van der Waals surface area (Å²) in [5.74, 6) is 0.531. The van der Waals surface area contributed by atoms with Gasteiger partial charge in [0.25, 0.3) is 0 Å². The predicted molar refractivity (Wildman–Crippen MR) is 106 cm³/mol. The minimum atomic E-state index is -4.75. The van der Waals surface area contributed by atoms with E-state index in [2.05, 4.69) is 9.64 Å². The molecule has 0 radical (unpaired) electrons. The van der Waals surface area contributed by atoms with Crippen molar-refractivity contribution in [2.24, 2.45) is 0 Å². The summed E-state index contributed by atoms with van der Waals surface area (Å²) in [7, 11) is 1.65. The molecule has 0 aliphatic carbocycles. The van der Waals surface area contributed by atoms with Crippen LogP contribution in [-0.4, -0.2) is 55.4 Å². The zero-order valence-corrected chi connectivity index (χ0v) is 16.8. The molecule has 8 heteroatoms. The van der Waals surface area contributed by atoms with Crippen molar-refractivity contribution in [3.8, 4) is 11.5 Å². The predicted octanol–water partition coefficient (Wildman–Crippen LogP) is 3.87. The number of aryl methyl sites for hydroxylation is 1. The van der Waals surface area contributed by atoms with E-state index in [0.717, 1.165) is 30.9 Å². The summed E-state index contributed by atoms with van der Waals surface area (Å²) in [5.41, 5.74) is 1.47. The SMILES string of the molecule is COc1ccccc1CN1CCN(C(=O)CCc2ccccc2OC(F)(F)F)CC1. The lowest BCUT2D eigenvalue weighted by Crippen LogP contribution is -2.48. The molecule has 3 rings (SSSR count). The number of ether oxygens (including phenoxy) is 2. The summed E-state index contributed by atoms with van der Waals surface area (Å²) >= 11 is 0. The van der Waals surface area contributed by atoms with E-state index < -0.39 is 6.36 Å². The Balaban J connectivity index is 1.49. The van der Waals surface area contributed by atoms with E-state index in [4.69, 9.17) is 4.74 Å². The van der Waals surface area contributed by atoms with E-state index in [1.165, 1.54) is 12.1 Å². The summed E-state index contributed by atoms with van der Waals surface area (Å²) in [4.78, 5) is 16.6. The molecule has 0 unspecified atom stereocenters. The Labute approximate surface area is 174 Å². The summed E-state index contributed by atoms with van der Waals surface area (Å²) in [6, 6.07) is 13.8. The molecule has 1 heterocycles. The van der Waals surface area contributed by atoms with Crippen LogP contribution in [0.3, 0.4) is 0 Å². The molecule has 1 amide bonds. The second kappa shape index (κ2) is 9.84. The molecule has 1 aliphatic heterocycles. The highest BCUT2D eigenvalue weighted by Crippen LogP contribution is 2.27. The number of hydrogen-bond acceptors (Lipinski definition) is 4. The number of nitrogens with zero attached hydrogens (tertiary/aromatic N) is 2. The Hall–Kier alpha value is -2.74. The monoisotopic (exact) mass is 422 g/mol. The maximum absolute atomic E-state index is 12.6. The summed E-state index contributed by atoms with van der Waals surface area (Å²) in [6.07, 6.45) is -4.41. The quantitative estimate of drug-likeness (QED) is 0.680. The minimum Gasteiger partial charge on any atom is -0.496 e. The number of amides is 1. The van der Waals surface area contributed by atoms with Crippen LogP contribution in [0, 0.1) is 0 Å². The van der Waals surface area contributed by atoms with E-state index in [-0.39, 0.29) is 24.5 Å². The molecule has 0 saturated carbocycles. The first kappa shape index (κ1) is 22.0. The normalized spacial score (nSPS) is 15.1. The summed E-state index contributed by atoms with van der Waals surface area (Å²) < 4.78 is 47.1. The number of para-hydroxylation sites is 2. The number of carbonyl (C=O) groups excluding carboxylic acids is 1. The Kier molecular flexibility index (Phi) is 7.20. The number of rotatable bonds is 7. The van der Waals surface area contributed by atoms with E-state index in [9.17, 15) is 18.0 Å². The maximum Gasteiger partial charge on any atom is 0.573 e. The van der Waals surface area contributed by atoms with Gasteiger partial charge in [-0.25, -0.2) is 0 Å². The summed E-state index contributed by atoms with van der Waals surface area (Å²) in [5, 5.41) is 0. The van der Waals surface area contributed by atoms with Crippen LogP contribution in [0.1, 0.15) is 17.5 Å². The molecule has 0 N–H and O–H groups in total. The fourth-order valence-corrected chi connectivity index (χ4v) is 3.56. The van der Waals surface area contributed by atoms with Crippen molar-refractivity contribution in [3.05, 3.63) is 59.7 Å². The Bertz CT molecular complexity index is 850. The first-order valence-electron chi connectivity index (χ1n) is 9.81. The van der Waals surface area contributed by atoms with Gasteiger partial charge in [0, 0.05) is 44.7 Å². The van der Waals surface area contributed by atoms with Gasteiger partial charge in [0.1, 0.15) is 11.5 Å². The van der Waals surface area contributed by atoms with Crippen LogP contribution in [0.15, 0.2) is 48.5 Å². The molecule has 1 aliphatic rings. The van der Waals surface area contributed by atoms with Crippen molar-refractivity contribution in [1.82, 2.24) is 9.80 Å². The van der Waals surface area contributed by atoms with Gasteiger partial charge in [0.15, 0.2) is 0 Å². The number of methoxy groups -OCH3 is 1.